The Kier molecular flexibility index (Phi) is 9.30. The Morgan fingerprint density at radius 3 is 2.09 bits per heavy atom. The first-order valence-corrected chi connectivity index (χ1v) is 16.9. The average Bonchev–Trinajstić information content (AvgIpc) is 3.36. The van der Waals surface area contributed by atoms with E-state index in [2.05, 4.69) is 26.0 Å². The van der Waals surface area contributed by atoms with Crippen molar-refractivity contribution < 1.29 is 33.3 Å². The third kappa shape index (κ3) is 6.59. The van der Waals surface area contributed by atoms with Crippen molar-refractivity contribution in [1.82, 2.24) is 0 Å². The fraction of sp³-hybridized carbons (Fsp3) is 0.757. The summed E-state index contributed by atoms with van der Waals surface area (Å²) in [5.74, 6) is 1.57. The Balaban J connectivity index is 1.43. The molecule has 0 spiro atoms. The molecule has 244 valence electrons. The summed E-state index contributed by atoms with van der Waals surface area (Å²) in [6, 6.07) is 10.2. The van der Waals surface area contributed by atoms with Gasteiger partial charge in [-0.2, -0.15) is 0 Å². The third-order valence-electron chi connectivity index (χ3n) is 11.8. The number of hydrogen-bond acceptors (Lipinski definition) is 7. The summed E-state index contributed by atoms with van der Waals surface area (Å²) in [7, 11) is 1.38. The fourth-order valence-electron chi connectivity index (χ4n) is 9.62. The van der Waals surface area contributed by atoms with Crippen molar-refractivity contribution in [3.63, 3.8) is 0 Å². The van der Waals surface area contributed by atoms with Crippen LogP contribution < -0.4 is 0 Å². The Morgan fingerprint density at radius 1 is 0.818 bits per heavy atom. The number of epoxide rings is 1. The molecule has 2 bridgehead atoms. The van der Waals surface area contributed by atoms with Crippen LogP contribution in [0.5, 0.6) is 0 Å². The molecule has 9 atom stereocenters. The summed E-state index contributed by atoms with van der Waals surface area (Å²) in [5.41, 5.74) is -2.36. The van der Waals surface area contributed by atoms with Crippen molar-refractivity contribution in [2.45, 2.75) is 117 Å². The second-order valence-corrected chi connectivity index (χ2v) is 16.0. The molecule has 1 aliphatic heterocycles. The van der Waals surface area contributed by atoms with Crippen LogP contribution in [0.3, 0.4) is 0 Å². The summed E-state index contributed by atoms with van der Waals surface area (Å²) in [5, 5.41) is 0. The first kappa shape index (κ1) is 33.0. The van der Waals surface area contributed by atoms with Crippen LogP contribution in [-0.4, -0.2) is 50.4 Å². The van der Waals surface area contributed by atoms with Crippen molar-refractivity contribution in [2.75, 3.05) is 20.3 Å². The van der Waals surface area contributed by atoms with Crippen LogP contribution in [-0.2, 0) is 38.7 Å². The maximum absolute atomic E-state index is 14.6. The standard InChI is InChI=1S/C37H54O7/c1-8-35(4,32(39)43-20-26-19-42-26)22-37(6,31(38)41-7)23-36(5,21-34(2,3)25-13-10-9-11-14-25)33(40)44-30-18-24-17-29(30)28-16-12-15-27(24)28/h9-11,13-14,24,26-30H,8,12,15-23H2,1-7H3. The highest BCUT2D eigenvalue weighted by molar-refractivity contribution is 5.83. The van der Waals surface area contributed by atoms with Gasteiger partial charge in [-0.3, -0.25) is 14.4 Å². The molecule has 1 saturated heterocycles. The molecule has 3 aliphatic carbocycles. The van der Waals surface area contributed by atoms with E-state index in [1.165, 1.54) is 32.8 Å². The quantitative estimate of drug-likeness (QED) is 0.127. The van der Waals surface area contributed by atoms with Gasteiger partial charge in [0.2, 0.25) is 0 Å². The normalized spacial score (nSPS) is 31.2. The van der Waals surface area contributed by atoms with E-state index in [4.69, 9.17) is 18.9 Å². The van der Waals surface area contributed by atoms with Crippen LogP contribution in [0.2, 0.25) is 0 Å². The Labute approximate surface area is 264 Å². The maximum Gasteiger partial charge on any atom is 0.312 e. The summed E-state index contributed by atoms with van der Waals surface area (Å²) in [6.07, 6.45) is 7.22. The van der Waals surface area contributed by atoms with Crippen molar-refractivity contribution in [3.8, 4) is 0 Å². The minimum absolute atomic E-state index is 0.0457. The molecule has 44 heavy (non-hydrogen) atoms. The van der Waals surface area contributed by atoms with Crippen molar-refractivity contribution in [3.05, 3.63) is 35.9 Å². The molecule has 0 N–H and O–H groups in total. The van der Waals surface area contributed by atoms with Crippen LogP contribution in [0.15, 0.2) is 30.3 Å². The average molecular weight is 611 g/mol. The molecule has 5 rings (SSSR count). The number of esters is 3. The third-order valence-corrected chi connectivity index (χ3v) is 11.8. The number of carbonyl (C=O) groups is 3. The van der Waals surface area contributed by atoms with Crippen LogP contribution >= 0.6 is 0 Å². The maximum atomic E-state index is 14.6. The van der Waals surface area contributed by atoms with Crippen LogP contribution in [0.1, 0.15) is 105 Å². The lowest BCUT2D eigenvalue weighted by Gasteiger charge is -2.44. The van der Waals surface area contributed by atoms with Gasteiger partial charge in [-0.05, 0) is 107 Å². The smallest absolute Gasteiger partial charge is 0.312 e. The minimum Gasteiger partial charge on any atom is -0.469 e. The Morgan fingerprint density at radius 2 is 1.45 bits per heavy atom. The molecule has 7 heteroatoms. The van der Waals surface area contributed by atoms with Gasteiger partial charge in [-0.15, -0.1) is 0 Å². The molecule has 1 aromatic carbocycles. The van der Waals surface area contributed by atoms with Crippen LogP contribution in [0, 0.1) is 39.9 Å². The number of benzene rings is 1. The Hall–Kier alpha value is -2.41. The Bertz CT molecular complexity index is 1210. The van der Waals surface area contributed by atoms with Gasteiger partial charge in [0.15, 0.2) is 0 Å². The van der Waals surface area contributed by atoms with Crippen molar-refractivity contribution in [1.29, 1.82) is 0 Å². The number of hydrogen-bond donors (Lipinski definition) is 0. The molecule has 3 saturated carbocycles. The molecular formula is C37H54O7. The second-order valence-electron chi connectivity index (χ2n) is 16.0. The molecule has 1 heterocycles. The van der Waals surface area contributed by atoms with E-state index in [-0.39, 0.29) is 49.0 Å². The van der Waals surface area contributed by atoms with Crippen molar-refractivity contribution >= 4 is 17.9 Å². The predicted molar refractivity (Wildman–Crippen MR) is 168 cm³/mol. The summed E-state index contributed by atoms with van der Waals surface area (Å²) in [6.45, 7) is 12.7. The lowest BCUT2D eigenvalue weighted by atomic mass is 9.60. The number of carbonyl (C=O) groups excluding carboxylic acids is 3. The van der Waals surface area contributed by atoms with Gasteiger partial charge in [0.05, 0.1) is 30.0 Å². The number of methoxy groups -OCH3 is 1. The summed E-state index contributed by atoms with van der Waals surface area (Å²) >= 11 is 0. The highest BCUT2D eigenvalue weighted by Crippen LogP contribution is 2.60. The van der Waals surface area contributed by atoms with Crippen molar-refractivity contribution in [2.24, 2.45) is 39.9 Å². The molecule has 0 radical (unpaired) electrons. The molecule has 7 nitrogen and oxygen atoms in total. The zero-order valence-electron chi connectivity index (χ0n) is 28.0. The van der Waals surface area contributed by atoms with Gasteiger partial charge < -0.3 is 18.9 Å². The van der Waals surface area contributed by atoms with E-state index in [1.807, 2.05) is 45.9 Å². The molecule has 4 fully saturated rings. The zero-order valence-corrected chi connectivity index (χ0v) is 28.0. The van der Waals surface area contributed by atoms with Crippen LogP contribution in [0.25, 0.3) is 0 Å². The van der Waals surface area contributed by atoms with Gasteiger partial charge in [-0.25, -0.2) is 0 Å². The van der Waals surface area contributed by atoms with E-state index in [0.717, 1.165) is 17.9 Å². The first-order valence-electron chi connectivity index (χ1n) is 16.9. The molecule has 0 amide bonds. The predicted octanol–water partition coefficient (Wildman–Crippen LogP) is 7.05. The molecular weight excluding hydrogens is 556 g/mol. The highest BCUT2D eigenvalue weighted by atomic mass is 16.6. The topological polar surface area (TPSA) is 91.4 Å². The second kappa shape index (κ2) is 12.4. The zero-order chi connectivity index (χ0) is 31.9. The summed E-state index contributed by atoms with van der Waals surface area (Å²) in [4.78, 5) is 41.7. The lowest BCUT2D eigenvalue weighted by Crippen LogP contribution is -2.47. The van der Waals surface area contributed by atoms with Gasteiger partial charge in [0, 0.05) is 0 Å². The highest BCUT2D eigenvalue weighted by Gasteiger charge is 2.57. The largest absolute Gasteiger partial charge is 0.469 e. The minimum atomic E-state index is -1.14. The summed E-state index contributed by atoms with van der Waals surface area (Å²) < 4.78 is 22.8. The van der Waals surface area contributed by atoms with Gasteiger partial charge in [0.25, 0.3) is 0 Å². The molecule has 1 aromatic rings. The van der Waals surface area contributed by atoms with E-state index in [0.29, 0.717) is 37.2 Å². The lowest BCUT2D eigenvalue weighted by molar-refractivity contribution is -0.173. The number of ether oxygens (including phenoxy) is 4. The van der Waals surface area contributed by atoms with Gasteiger partial charge >= 0.3 is 17.9 Å². The fourth-order valence-corrected chi connectivity index (χ4v) is 9.62. The van der Waals surface area contributed by atoms with E-state index < -0.39 is 22.2 Å². The number of rotatable bonds is 14. The van der Waals surface area contributed by atoms with Gasteiger partial charge in [0.1, 0.15) is 18.8 Å². The monoisotopic (exact) mass is 610 g/mol. The van der Waals surface area contributed by atoms with E-state index in [1.54, 1.807) is 0 Å². The SMILES string of the molecule is CCC(C)(CC(C)(CC(C)(CC(C)(C)c1ccccc1)C(=O)OC1CC2CC1C1CCCC21)C(=O)OC)C(=O)OCC1CO1. The van der Waals surface area contributed by atoms with Gasteiger partial charge in [-0.1, -0.05) is 57.5 Å². The van der Waals surface area contributed by atoms with Crippen LogP contribution in [0.4, 0.5) is 0 Å². The molecule has 4 aliphatic rings. The molecule has 9 unspecified atom stereocenters. The van der Waals surface area contributed by atoms with E-state index in [9.17, 15) is 14.4 Å². The molecule has 0 aromatic heterocycles. The number of fused-ring (bicyclic) bond motifs is 5. The van der Waals surface area contributed by atoms with E-state index >= 15 is 0 Å². The first-order chi connectivity index (χ1) is 20.7.